The Morgan fingerprint density at radius 3 is 2.64 bits per heavy atom. The van der Waals surface area contributed by atoms with Crippen LogP contribution in [0.25, 0.3) is 22.3 Å². The smallest absolute Gasteiger partial charge is 0.235 e. The topological polar surface area (TPSA) is 132 Å². The van der Waals surface area contributed by atoms with E-state index < -0.39 is 17.8 Å². The maximum atomic E-state index is 13.1. The van der Waals surface area contributed by atoms with E-state index in [9.17, 15) is 25.2 Å². The van der Waals surface area contributed by atoms with Gasteiger partial charge in [-0.15, -0.1) is 0 Å². The second-order valence-corrected chi connectivity index (χ2v) is 6.71. The van der Waals surface area contributed by atoms with Crippen LogP contribution in [0.15, 0.2) is 45.6 Å². The molecule has 5 N–H and O–H groups in total. The number of piperidine rings is 1. The molecule has 3 aromatic rings. The Bertz CT molecular complexity index is 1090. The zero-order valence-corrected chi connectivity index (χ0v) is 14.8. The van der Waals surface area contributed by atoms with E-state index in [0.717, 1.165) is 0 Å². The molecular weight excluding hydrogens is 366 g/mol. The molecule has 0 amide bonds. The lowest BCUT2D eigenvalue weighted by Gasteiger charge is -2.28. The van der Waals surface area contributed by atoms with Gasteiger partial charge in [0.2, 0.25) is 11.2 Å². The average Bonchev–Trinajstić information content (AvgIpc) is 2.66. The van der Waals surface area contributed by atoms with Crippen LogP contribution in [0.3, 0.4) is 0 Å². The largest absolute Gasteiger partial charge is 0.508 e. The van der Waals surface area contributed by atoms with Crippen LogP contribution in [-0.4, -0.2) is 39.3 Å². The maximum absolute atomic E-state index is 13.1. The molecule has 28 heavy (non-hydrogen) atoms. The zero-order chi connectivity index (χ0) is 19.8. The van der Waals surface area contributed by atoms with Gasteiger partial charge in [0.15, 0.2) is 23.5 Å². The fourth-order valence-electron chi connectivity index (χ4n) is 3.22. The van der Waals surface area contributed by atoms with E-state index in [4.69, 9.17) is 9.15 Å². The molecule has 2 atom stereocenters. The summed E-state index contributed by atoms with van der Waals surface area (Å²) in [6.45, 7) is 0.536. The van der Waals surface area contributed by atoms with E-state index in [1.54, 1.807) is 0 Å². The molecule has 1 saturated heterocycles. The van der Waals surface area contributed by atoms with Crippen molar-refractivity contribution in [2.75, 3.05) is 6.54 Å². The van der Waals surface area contributed by atoms with Crippen molar-refractivity contribution in [3.63, 3.8) is 0 Å². The average molecular weight is 385 g/mol. The second kappa shape index (κ2) is 7.06. The molecule has 0 aliphatic carbocycles. The van der Waals surface area contributed by atoms with E-state index >= 15 is 0 Å². The SMILES string of the molecule is O=c1c(OC2CC(O)CCN2)c(-c2ccc(O)c(O)c2)oc2cc(O)ccc12. The van der Waals surface area contributed by atoms with Crippen molar-refractivity contribution in [3.05, 3.63) is 46.6 Å². The van der Waals surface area contributed by atoms with Crippen LogP contribution in [0.2, 0.25) is 0 Å². The Balaban J connectivity index is 1.89. The van der Waals surface area contributed by atoms with Gasteiger partial charge in [0.05, 0.1) is 11.5 Å². The number of aliphatic hydroxyl groups is 1. The Morgan fingerprint density at radius 1 is 1.07 bits per heavy atom. The van der Waals surface area contributed by atoms with Gasteiger partial charge in [-0.3, -0.25) is 10.1 Å². The van der Waals surface area contributed by atoms with Crippen LogP contribution in [0, 0.1) is 0 Å². The van der Waals surface area contributed by atoms with E-state index in [1.165, 1.54) is 36.4 Å². The van der Waals surface area contributed by atoms with Crippen molar-refractivity contribution in [3.8, 4) is 34.3 Å². The van der Waals surface area contributed by atoms with Gasteiger partial charge in [-0.25, -0.2) is 0 Å². The maximum Gasteiger partial charge on any atom is 0.235 e. The number of hydrogen-bond acceptors (Lipinski definition) is 8. The van der Waals surface area contributed by atoms with Crippen molar-refractivity contribution in [2.24, 2.45) is 0 Å². The highest BCUT2D eigenvalue weighted by atomic mass is 16.5. The van der Waals surface area contributed by atoms with Crippen LogP contribution >= 0.6 is 0 Å². The predicted octanol–water partition coefficient (Wildman–Crippen LogP) is 2.03. The first-order chi connectivity index (χ1) is 13.4. The third-order valence-electron chi connectivity index (χ3n) is 4.67. The van der Waals surface area contributed by atoms with Crippen LogP contribution in [0.1, 0.15) is 12.8 Å². The van der Waals surface area contributed by atoms with Crippen LogP contribution < -0.4 is 15.5 Å². The lowest BCUT2D eigenvalue weighted by molar-refractivity contribution is 0.0417. The first-order valence-electron chi connectivity index (χ1n) is 8.82. The summed E-state index contributed by atoms with van der Waals surface area (Å²) in [6, 6.07) is 8.11. The number of ether oxygens (including phenoxy) is 1. The quantitative estimate of drug-likeness (QED) is 0.433. The van der Waals surface area contributed by atoms with Crippen molar-refractivity contribution in [2.45, 2.75) is 25.2 Å². The van der Waals surface area contributed by atoms with Crippen molar-refractivity contribution in [1.29, 1.82) is 0 Å². The molecular formula is C20H19NO7. The standard InChI is InChI=1S/C20H19NO7/c22-11-2-3-13-16(8-11)27-19(10-1-4-14(24)15(25)7-10)20(18(13)26)28-17-9-12(23)5-6-21-17/h1-4,7-8,12,17,21-25H,5-6,9H2. The number of phenolic OH excluding ortho intramolecular Hbond substituents is 3. The van der Waals surface area contributed by atoms with Gasteiger partial charge in [0, 0.05) is 24.6 Å². The minimum atomic E-state index is -0.592. The van der Waals surface area contributed by atoms with E-state index in [0.29, 0.717) is 24.9 Å². The zero-order valence-electron chi connectivity index (χ0n) is 14.8. The minimum absolute atomic E-state index is 0.0419. The van der Waals surface area contributed by atoms with Crippen molar-refractivity contribution >= 4 is 11.0 Å². The van der Waals surface area contributed by atoms with Crippen molar-refractivity contribution in [1.82, 2.24) is 5.32 Å². The van der Waals surface area contributed by atoms with E-state index in [1.807, 2.05) is 0 Å². The summed E-state index contributed by atoms with van der Waals surface area (Å²) in [5.41, 5.74) is 0.00577. The monoisotopic (exact) mass is 385 g/mol. The Morgan fingerprint density at radius 2 is 1.89 bits per heavy atom. The van der Waals surface area contributed by atoms with Gasteiger partial charge in [-0.1, -0.05) is 0 Å². The predicted molar refractivity (Wildman–Crippen MR) is 101 cm³/mol. The third kappa shape index (κ3) is 3.35. The molecule has 2 heterocycles. The number of rotatable bonds is 3. The number of hydrogen-bond donors (Lipinski definition) is 5. The van der Waals surface area contributed by atoms with Crippen LogP contribution in [-0.2, 0) is 0 Å². The molecule has 1 aliphatic rings. The molecule has 1 fully saturated rings. The summed E-state index contributed by atoms with van der Waals surface area (Å²) in [5, 5.41) is 42.3. The summed E-state index contributed by atoms with van der Waals surface area (Å²) < 4.78 is 11.7. The number of aliphatic hydroxyl groups excluding tert-OH is 1. The molecule has 0 bridgehead atoms. The van der Waals surface area contributed by atoms with Gasteiger partial charge in [0.1, 0.15) is 11.3 Å². The molecule has 1 aliphatic heterocycles. The number of aromatic hydroxyl groups is 3. The van der Waals surface area contributed by atoms with Crippen LogP contribution in [0.4, 0.5) is 0 Å². The van der Waals surface area contributed by atoms with Gasteiger partial charge in [-0.2, -0.15) is 0 Å². The number of fused-ring (bicyclic) bond motifs is 1. The molecule has 4 rings (SSSR count). The summed E-state index contributed by atoms with van der Waals surface area (Å²) in [7, 11) is 0. The fraction of sp³-hybridized carbons (Fsp3) is 0.250. The number of nitrogens with one attached hydrogen (secondary N) is 1. The first-order valence-corrected chi connectivity index (χ1v) is 8.82. The third-order valence-corrected chi connectivity index (χ3v) is 4.67. The summed E-state index contributed by atoms with van der Waals surface area (Å²) in [4.78, 5) is 13.1. The van der Waals surface area contributed by atoms with E-state index in [-0.39, 0.29) is 39.7 Å². The molecule has 8 nitrogen and oxygen atoms in total. The molecule has 0 spiro atoms. The summed E-state index contributed by atoms with van der Waals surface area (Å²) in [6.07, 6.45) is -0.250. The molecule has 0 saturated carbocycles. The number of phenols is 3. The summed E-state index contributed by atoms with van der Waals surface area (Å²) in [5.74, 6) is -0.812. The molecule has 0 radical (unpaired) electrons. The fourth-order valence-corrected chi connectivity index (χ4v) is 3.22. The molecule has 2 unspecified atom stereocenters. The Kier molecular flexibility index (Phi) is 4.58. The first kappa shape index (κ1) is 18.1. The lowest BCUT2D eigenvalue weighted by atomic mass is 10.1. The Labute approximate surface area is 159 Å². The molecule has 8 heteroatoms. The van der Waals surface area contributed by atoms with Gasteiger partial charge < -0.3 is 29.6 Å². The second-order valence-electron chi connectivity index (χ2n) is 6.71. The molecule has 146 valence electrons. The Hall–Kier alpha value is -3.23. The van der Waals surface area contributed by atoms with Crippen molar-refractivity contribution < 1.29 is 29.6 Å². The lowest BCUT2D eigenvalue weighted by Crippen LogP contribution is -2.44. The number of benzene rings is 2. The summed E-state index contributed by atoms with van der Waals surface area (Å²) >= 11 is 0. The van der Waals surface area contributed by atoms with Gasteiger partial charge >= 0.3 is 0 Å². The highest BCUT2D eigenvalue weighted by Gasteiger charge is 2.26. The van der Waals surface area contributed by atoms with E-state index in [2.05, 4.69) is 5.32 Å². The molecule has 2 aromatic carbocycles. The minimum Gasteiger partial charge on any atom is -0.508 e. The highest BCUT2D eigenvalue weighted by molar-refractivity contribution is 5.83. The van der Waals surface area contributed by atoms with Gasteiger partial charge in [-0.05, 0) is 36.8 Å². The van der Waals surface area contributed by atoms with Crippen LogP contribution in [0.5, 0.6) is 23.0 Å². The normalized spacial score (nSPS) is 19.6. The van der Waals surface area contributed by atoms with Gasteiger partial charge in [0.25, 0.3) is 0 Å². The highest BCUT2D eigenvalue weighted by Crippen LogP contribution is 2.36. The molecule has 1 aromatic heterocycles.